The second-order valence-electron chi connectivity index (χ2n) is 6.09. The number of nitro groups is 1. The summed E-state index contributed by atoms with van der Waals surface area (Å²) < 4.78 is 29.8. The Hall–Kier alpha value is -3.27. The molecule has 1 atom stereocenters. The van der Waals surface area contributed by atoms with Gasteiger partial charge in [0.05, 0.1) is 11.2 Å². The lowest BCUT2D eigenvalue weighted by Gasteiger charge is -2.14. The number of carbonyl (C=O) groups is 2. The first-order valence-corrected chi connectivity index (χ1v) is 9.96. The van der Waals surface area contributed by atoms with E-state index in [2.05, 4.69) is 4.72 Å². The van der Waals surface area contributed by atoms with Gasteiger partial charge in [0.2, 0.25) is 15.8 Å². The van der Waals surface area contributed by atoms with Gasteiger partial charge in [0, 0.05) is 17.3 Å². The second-order valence-corrected chi connectivity index (χ2v) is 7.84. The van der Waals surface area contributed by atoms with Gasteiger partial charge in [0.1, 0.15) is 5.56 Å². The number of benzene rings is 2. The number of esters is 1. The maximum Gasteiger partial charge on any atom is 0.346 e. The van der Waals surface area contributed by atoms with E-state index in [0.29, 0.717) is 5.56 Å². The zero-order valence-electron chi connectivity index (χ0n) is 15.3. The van der Waals surface area contributed by atoms with Crippen LogP contribution in [-0.2, 0) is 14.8 Å². The van der Waals surface area contributed by atoms with Gasteiger partial charge in [0.15, 0.2) is 6.10 Å². The zero-order valence-corrected chi connectivity index (χ0v) is 16.1. The minimum atomic E-state index is -3.45. The van der Waals surface area contributed by atoms with Gasteiger partial charge in [0.25, 0.3) is 5.69 Å². The molecular formula is C18H18N2O7S. The van der Waals surface area contributed by atoms with Gasteiger partial charge in [-0.2, -0.15) is 0 Å². The van der Waals surface area contributed by atoms with Crippen LogP contribution in [0.3, 0.4) is 0 Å². The van der Waals surface area contributed by atoms with Gasteiger partial charge in [-0.05, 0) is 43.7 Å². The molecule has 0 amide bonds. The lowest BCUT2D eigenvalue weighted by atomic mass is 10.1. The number of Topliss-reactive ketones (excluding diaryl/α,β-unsaturated/α-hetero) is 1. The molecular weight excluding hydrogens is 388 g/mol. The third-order valence-corrected chi connectivity index (χ3v) is 4.38. The van der Waals surface area contributed by atoms with Crippen molar-refractivity contribution >= 4 is 33.2 Å². The summed E-state index contributed by atoms with van der Waals surface area (Å²) in [6.45, 7) is 2.89. The van der Waals surface area contributed by atoms with Crippen molar-refractivity contribution in [3.8, 4) is 0 Å². The van der Waals surface area contributed by atoms with E-state index in [1.54, 1.807) is 0 Å². The van der Waals surface area contributed by atoms with Crippen LogP contribution in [0.4, 0.5) is 11.4 Å². The molecule has 9 nitrogen and oxygen atoms in total. The summed E-state index contributed by atoms with van der Waals surface area (Å²) in [6, 6.07) is 9.73. The minimum Gasteiger partial charge on any atom is -0.450 e. The molecule has 0 spiro atoms. The number of hydrogen-bond acceptors (Lipinski definition) is 7. The molecule has 0 saturated carbocycles. The molecule has 0 radical (unpaired) electrons. The van der Waals surface area contributed by atoms with Crippen molar-refractivity contribution in [1.82, 2.24) is 0 Å². The van der Waals surface area contributed by atoms with Crippen LogP contribution in [0.1, 0.15) is 33.2 Å². The molecule has 0 aromatic heterocycles. The molecule has 0 aliphatic heterocycles. The molecule has 0 heterocycles. The van der Waals surface area contributed by atoms with Crippen molar-refractivity contribution in [2.24, 2.45) is 0 Å². The molecule has 28 heavy (non-hydrogen) atoms. The Morgan fingerprint density at radius 1 is 1.14 bits per heavy atom. The third-order valence-electron chi connectivity index (χ3n) is 3.78. The van der Waals surface area contributed by atoms with E-state index in [4.69, 9.17) is 4.74 Å². The lowest BCUT2D eigenvalue weighted by molar-refractivity contribution is -0.385. The second kappa shape index (κ2) is 8.17. The highest BCUT2D eigenvalue weighted by atomic mass is 32.2. The summed E-state index contributed by atoms with van der Waals surface area (Å²) in [7, 11) is -3.45. The predicted molar refractivity (Wildman–Crippen MR) is 102 cm³/mol. The van der Waals surface area contributed by atoms with Crippen LogP contribution in [0.15, 0.2) is 42.5 Å². The molecule has 148 valence electrons. The molecule has 2 aromatic carbocycles. The van der Waals surface area contributed by atoms with Gasteiger partial charge >= 0.3 is 5.97 Å². The van der Waals surface area contributed by atoms with E-state index >= 15 is 0 Å². The number of hydrogen-bond donors (Lipinski definition) is 1. The number of nitrogens with one attached hydrogen (secondary N) is 1. The van der Waals surface area contributed by atoms with E-state index in [0.717, 1.165) is 6.26 Å². The number of anilines is 1. The fourth-order valence-corrected chi connectivity index (χ4v) is 3.06. The Bertz CT molecular complexity index is 1030. The predicted octanol–water partition coefficient (Wildman–Crippen LogP) is 2.70. The molecule has 1 unspecified atom stereocenters. The smallest absolute Gasteiger partial charge is 0.346 e. The largest absolute Gasteiger partial charge is 0.450 e. The summed E-state index contributed by atoms with van der Waals surface area (Å²) in [4.78, 5) is 35.3. The van der Waals surface area contributed by atoms with E-state index in [1.807, 2.05) is 0 Å². The van der Waals surface area contributed by atoms with Crippen LogP contribution in [0.2, 0.25) is 0 Å². The Morgan fingerprint density at radius 3 is 2.29 bits per heavy atom. The minimum absolute atomic E-state index is 0.193. The molecule has 0 bridgehead atoms. The summed E-state index contributed by atoms with van der Waals surface area (Å²) in [6.07, 6.45) is -0.196. The van der Waals surface area contributed by atoms with Crippen molar-refractivity contribution in [1.29, 1.82) is 0 Å². The van der Waals surface area contributed by atoms with Gasteiger partial charge in [-0.25, -0.2) is 13.2 Å². The highest BCUT2D eigenvalue weighted by Gasteiger charge is 2.27. The van der Waals surface area contributed by atoms with Crippen molar-refractivity contribution < 1.29 is 27.7 Å². The maximum absolute atomic E-state index is 12.5. The van der Waals surface area contributed by atoms with Crippen LogP contribution >= 0.6 is 0 Å². The standard InChI is InChI=1S/C18H18N2O7S/c1-11-5-4-6-15(20(23)24)16(11)18(22)27-12(2)17(21)13-7-9-14(10-8-13)19-28(3,25)26/h4-10,12,19H,1-3H3. The summed E-state index contributed by atoms with van der Waals surface area (Å²) >= 11 is 0. The fourth-order valence-electron chi connectivity index (χ4n) is 2.49. The molecule has 0 fully saturated rings. The van der Waals surface area contributed by atoms with Crippen LogP contribution in [0, 0.1) is 17.0 Å². The third kappa shape index (κ3) is 5.13. The SMILES string of the molecule is Cc1cccc([N+](=O)[O-])c1C(=O)OC(C)C(=O)c1ccc(NS(C)(=O)=O)cc1. The molecule has 2 rings (SSSR count). The van der Waals surface area contributed by atoms with Crippen molar-refractivity contribution in [3.05, 3.63) is 69.3 Å². The topological polar surface area (TPSA) is 133 Å². The normalized spacial score (nSPS) is 12.1. The van der Waals surface area contributed by atoms with Crippen LogP contribution in [0.25, 0.3) is 0 Å². The number of sulfonamides is 1. The van der Waals surface area contributed by atoms with Gasteiger partial charge in [-0.15, -0.1) is 0 Å². The monoisotopic (exact) mass is 406 g/mol. The van der Waals surface area contributed by atoms with Gasteiger partial charge in [-0.1, -0.05) is 12.1 Å². The number of nitro benzene ring substituents is 1. The highest BCUT2D eigenvalue weighted by Crippen LogP contribution is 2.23. The Labute approximate surface area is 161 Å². The first-order valence-electron chi connectivity index (χ1n) is 8.06. The molecule has 2 aromatic rings. The van der Waals surface area contributed by atoms with E-state index in [1.165, 1.54) is 56.3 Å². The Balaban J connectivity index is 2.17. The quantitative estimate of drug-likeness (QED) is 0.323. The van der Waals surface area contributed by atoms with E-state index in [-0.39, 0.29) is 16.8 Å². The highest BCUT2D eigenvalue weighted by molar-refractivity contribution is 7.92. The zero-order chi connectivity index (χ0) is 21.1. The van der Waals surface area contributed by atoms with Crippen LogP contribution in [0.5, 0.6) is 0 Å². The molecule has 1 N–H and O–H groups in total. The number of ketones is 1. The van der Waals surface area contributed by atoms with E-state index < -0.39 is 38.5 Å². The maximum atomic E-state index is 12.5. The summed E-state index contributed by atoms with van der Waals surface area (Å²) in [5.41, 5.74) is 0.216. The molecule has 0 aliphatic rings. The van der Waals surface area contributed by atoms with Crippen molar-refractivity contribution in [3.63, 3.8) is 0 Å². The number of aryl methyl sites for hydroxylation is 1. The van der Waals surface area contributed by atoms with Gasteiger partial charge in [-0.3, -0.25) is 19.6 Å². The fraction of sp³-hybridized carbons (Fsp3) is 0.222. The number of rotatable bonds is 7. The first kappa shape index (κ1) is 21.0. The van der Waals surface area contributed by atoms with E-state index in [9.17, 15) is 28.1 Å². The molecule has 0 saturated heterocycles. The van der Waals surface area contributed by atoms with Crippen LogP contribution in [-0.4, -0.2) is 37.5 Å². The average Bonchev–Trinajstić information content (AvgIpc) is 2.59. The summed E-state index contributed by atoms with van der Waals surface area (Å²) in [5, 5.41) is 11.1. The molecule has 0 aliphatic carbocycles. The van der Waals surface area contributed by atoms with Gasteiger partial charge < -0.3 is 4.74 Å². The van der Waals surface area contributed by atoms with Crippen molar-refractivity contribution in [2.75, 3.05) is 11.0 Å². The Morgan fingerprint density at radius 2 is 1.75 bits per heavy atom. The lowest BCUT2D eigenvalue weighted by Crippen LogP contribution is -2.25. The first-order chi connectivity index (χ1) is 13.0. The molecule has 10 heteroatoms. The Kier molecular flexibility index (Phi) is 6.14. The number of carbonyl (C=O) groups excluding carboxylic acids is 2. The average molecular weight is 406 g/mol. The summed E-state index contributed by atoms with van der Waals surface area (Å²) in [5.74, 6) is -1.50. The van der Waals surface area contributed by atoms with Crippen LogP contribution < -0.4 is 4.72 Å². The van der Waals surface area contributed by atoms with Crippen molar-refractivity contribution in [2.45, 2.75) is 20.0 Å². The number of ether oxygens (including phenoxy) is 1. The number of nitrogens with zero attached hydrogens (tertiary/aromatic N) is 1.